The van der Waals surface area contributed by atoms with Gasteiger partial charge in [-0.25, -0.2) is 4.98 Å². The maximum absolute atomic E-state index is 6.25. The van der Waals surface area contributed by atoms with Crippen molar-refractivity contribution in [2.24, 2.45) is 5.73 Å². The molecule has 0 saturated heterocycles. The molecule has 1 aromatic rings. The van der Waals surface area contributed by atoms with Crippen LogP contribution in [0, 0.1) is 0 Å². The average molecular weight is 253 g/mol. The zero-order valence-corrected chi connectivity index (χ0v) is 12.1. The van der Waals surface area contributed by atoms with Gasteiger partial charge in [0, 0.05) is 29.3 Å². The van der Waals surface area contributed by atoms with Gasteiger partial charge in [-0.2, -0.15) is 0 Å². The van der Waals surface area contributed by atoms with Crippen LogP contribution in [0.3, 0.4) is 0 Å². The lowest BCUT2D eigenvalue weighted by atomic mass is 10.0. The second-order valence-electron chi connectivity index (χ2n) is 5.87. The molecule has 1 aromatic heterocycles. The standard InChI is InChI=1S/C13H23N3S/c1-13(2,14)12-11(9-5-6-9)15-10(17-12)7-8-16(3)4/h9H,5-8,14H2,1-4H3. The summed E-state index contributed by atoms with van der Waals surface area (Å²) in [5, 5.41) is 1.24. The molecule has 0 bridgehead atoms. The molecule has 17 heavy (non-hydrogen) atoms. The minimum atomic E-state index is -0.244. The molecular formula is C13H23N3S. The van der Waals surface area contributed by atoms with Crippen molar-refractivity contribution in [1.82, 2.24) is 9.88 Å². The summed E-state index contributed by atoms with van der Waals surface area (Å²) in [5.41, 5.74) is 7.30. The van der Waals surface area contributed by atoms with Crippen molar-refractivity contribution in [2.45, 2.75) is 44.6 Å². The SMILES string of the molecule is CN(C)CCc1nc(C2CC2)c(C(C)(C)N)s1. The summed E-state index contributed by atoms with van der Waals surface area (Å²) in [6.45, 7) is 5.23. The van der Waals surface area contributed by atoms with Gasteiger partial charge in [0.1, 0.15) is 0 Å². The second kappa shape index (κ2) is 4.67. The molecule has 1 aliphatic rings. The van der Waals surface area contributed by atoms with E-state index in [9.17, 15) is 0 Å². The Bertz CT molecular complexity index is 386. The van der Waals surface area contributed by atoms with E-state index in [1.54, 1.807) is 0 Å². The molecule has 0 aromatic carbocycles. The van der Waals surface area contributed by atoms with Crippen LogP contribution in [-0.2, 0) is 12.0 Å². The van der Waals surface area contributed by atoms with Crippen LogP contribution in [0.15, 0.2) is 0 Å². The Morgan fingerprint density at radius 3 is 2.53 bits per heavy atom. The van der Waals surface area contributed by atoms with Crippen LogP contribution in [0.4, 0.5) is 0 Å². The van der Waals surface area contributed by atoms with Crippen molar-refractivity contribution in [3.05, 3.63) is 15.6 Å². The summed E-state index contributed by atoms with van der Waals surface area (Å²) < 4.78 is 0. The molecule has 0 spiro atoms. The Kier molecular flexibility index (Phi) is 3.57. The number of rotatable bonds is 5. The Labute approximate surface area is 108 Å². The van der Waals surface area contributed by atoms with E-state index in [-0.39, 0.29) is 5.54 Å². The molecule has 1 saturated carbocycles. The first-order valence-corrected chi connectivity index (χ1v) is 7.13. The van der Waals surface area contributed by atoms with Gasteiger partial charge in [0.15, 0.2) is 0 Å². The van der Waals surface area contributed by atoms with E-state index < -0.39 is 0 Å². The minimum absolute atomic E-state index is 0.244. The highest BCUT2D eigenvalue weighted by atomic mass is 32.1. The van der Waals surface area contributed by atoms with Crippen LogP contribution in [-0.4, -0.2) is 30.5 Å². The molecule has 96 valence electrons. The number of hydrogen-bond acceptors (Lipinski definition) is 4. The first kappa shape index (κ1) is 13.0. The molecule has 0 amide bonds. The van der Waals surface area contributed by atoms with Crippen LogP contribution in [0.5, 0.6) is 0 Å². The van der Waals surface area contributed by atoms with E-state index in [1.165, 1.54) is 28.4 Å². The number of aromatic nitrogens is 1. The van der Waals surface area contributed by atoms with Gasteiger partial charge in [0.25, 0.3) is 0 Å². The molecule has 0 unspecified atom stereocenters. The highest BCUT2D eigenvalue weighted by Gasteiger charge is 2.33. The average Bonchev–Trinajstić information content (AvgIpc) is 2.94. The van der Waals surface area contributed by atoms with E-state index >= 15 is 0 Å². The number of thiazole rings is 1. The van der Waals surface area contributed by atoms with Crippen LogP contribution in [0.2, 0.25) is 0 Å². The van der Waals surface area contributed by atoms with Crippen LogP contribution < -0.4 is 5.73 Å². The zero-order chi connectivity index (χ0) is 12.6. The van der Waals surface area contributed by atoms with Gasteiger partial charge in [0.05, 0.1) is 10.7 Å². The first-order valence-electron chi connectivity index (χ1n) is 6.31. The molecule has 3 nitrogen and oxygen atoms in total. The summed E-state index contributed by atoms with van der Waals surface area (Å²) in [5.74, 6) is 0.692. The molecule has 0 radical (unpaired) electrons. The summed E-state index contributed by atoms with van der Waals surface area (Å²) >= 11 is 1.81. The topological polar surface area (TPSA) is 42.2 Å². The number of nitrogens with zero attached hydrogens (tertiary/aromatic N) is 2. The zero-order valence-electron chi connectivity index (χ0n) is 11.3. The quantitative estimate of drug-likeness (QED) is 0.875. The van der Waals surface area contributed by atoms with Crippen molar-refractivity contribution >= 4 is 11.3 Å². The predicted molar refractivity (Wildman–Crippen MR) is 73.6 cm³/mol. The number of nitrogens with two attached hydrogens (primary N) is 1. The minimum Gasteiger partial charge on any atom is -0.321 e. The Morgan fingerprint density at radius 1 is 1.41 bits per heavy atom. The Hall–Kier alpha value is -0.450. The largest absolute Gasteiger partial charge is 0.321 e. The molecule has 4 heteroatoms. The van der Waals surface area contributed by atoms with Gasteiger partial charge in [-0.05, 0) is 40.8 Å². The van der Waals surface area contributed by atoms with Gasteiger partial charge in [0.2, 0.25) is 0 Å². The van der Waals surface area contributed by atoms with E-state index in [4.69, 9.17) is 10.7 Å². The maximum atomic E-state index is 6.25. The van der Waals surface area contributed by atoms with Crippen LogP contribution in [0.1, 0.15) is 48.2 Å². The van der Waals surface area contributed by atoms with E-state index in [1.807, 2.05) is 11.3 Å². The number of likely N-dealkylation sites (N-methyl/N-ethyl adjacent to an activating group) is 1. The Balaban J connectivity index is 2.19. The number of hydrogen-bond donors (Lipinski definition) is 1. The van der Waals surface area contributed by atoms with Crippen molar-refractivity contribution < 1.29 is 0 Å². The summed E-state index contributed by atoms with van der Waals surface area (Å²) in [4.78, 5) is 8.32. The van der Waals surface area contributed by atoms with E-state index in [0.29, 0.717) is 5.92 Å². The van der Waals surface area contributed by atoms with Crippen LogP contribution >= 0.6 is 11.3 Å². The van der Waals surface area contributed by atoms with Gasteiger partial charge >= 0.3 is 0 Å². The molecule has 2 rings (SSSR count). The summed E-state index contributed by atoms with van der Waals surface area (Å²) in [6, 6.07) is 0. The summed E-state index contributed by atoms with van der Waals surface area (Å²) in [6.07, 6.45) is 3.62. The maximum Gasteiger partial charge on any atom is 0.0944 e. The monoisotopic (exact) mass is 253 g/mol. The highest BCUT2D eigenvalue weighted by molar-refractivity contribution is 7.11. The smallest absolute Gasteiger partial charge is 0.0944 e. The van der Waals surface area contributed by atoms with Crippen molar-refractivity contribution in [3.8, 4) is 0 Å². The lowest BCUT2D eigenvalue weighted by molar-refractivity contribution is 0.413. The molecule has 1 fully saturated rings. The fourth-order valence-electron chi connectivity index (χ4n) is 1.90. The third kappa shape index (κ3) is 3.27. The highest BCUT2D eigenvalue weighted by Crippen LogP contribution is 2.45. The lowest BCUT2D eigenvalue weighted by Crippen LogP contribution is -2.28. The van der Waals surface area contributed by atoms with Gasteiger partial charge in [-0.1, -0.05) is 0 Å². The third-order valence-corrected chi connectivity index (χ3v) is 4.49. The molecule has 0 aliphatic heterocycles. The normalized spacial score (nSPS) is 16.8. The first-order chi connectivity index (χ1) is 7.88. The lowest BCUT2D eigenvalue weighted by Gasteiger charge is -2.17. The molecule has 1 heterocycles. The molecular weight excluding hydrogens is 230 g/mol. The fraction of sp³-hybridized carbons (Fsp3) is 0.769. The van der Waals surface area contributed by atoms with E-state index in [0.717, 1.165) is 13.0 Å². The second-order valence-corrected chi connectivity index (χ2v) is 6.95. The third-order valence-electron chi connectivity index (χ3n) is 3.02. The molecule has 0 atom stereocenters. The molecule has 2 N–H and O–H groups in total. The van der Waals surface area contributed by atoms with Crippen molar-refractivity contribution in [1.29, 1.82) is 0 Å². The van der Waals surface area contributed by atoms with E-state index in [2.05, 4.69) is 32.8 Å². The van der Waals surface area contributed by atoms with Gasteiger partial charge in [-0.3, -0.25) is 0 Å². The van der Waals surface area contributed by atoms with Crippen molar-refractivity contribution in [2.75, 3.05) is 20.6 Å². The Morgan fingerprint density at radius 2 is 2.06 bits per heavy atom. The van der Waals surface area contributed by atoms with Crippen molar-refractivity contribution in [3.63, 3.8) is 0 Å². The fourth-order valence-corrected chi connectivity index (χ4v) is 3.05. The van der Waals surface area contributed by atoms with Crippen LogP contribution in [0.25, 0.3) is 0 Å². The van der Waals surface area contributed by atoms with Gasteiger partial charge < -0.3 is 10.6 Å². The predicted octanol–water partition coefficient (Wildman–Crippen LogP) is 2.32. The molecule has 1 aliphatic carbocycles. The summed E-state index contributed by atoms with van der Waals surface area (Å²) in [7, 11) is 4.20. The van der Waals surface area contributed by atoms with Gasteiger partial charge in [-0.15, -0.1) is 11.3 Å².